The van der Waals surface area contributed by atoms with E-state index in [0.717, 1.165) is 5.69 Å². The molecule has 82 valence electrons. The Bertz CT molecular complexity index is 528. The standard InChI is InChI=1S/C12H13N3O/c1-9(2)10-7-14-11(8-13-10)15-6-4-3-5-12(15)16/h3-9H,1-2H3. The molecule has 2 heterocycles. The minimum atomic E-state index is -0.103. The van der Waals surface area contributed by atoms with Crippen LogP contribution in [0.5, 0.6) is 0 Å². The molecule has 4 heteroatoms. The second-order valence-corrected chi connectivity index (χ2v) is 3.86. The van der Waals surface area contributed by atoms with Crippen LogP contribution in [-0.2, 0) is 0 Å². The monoisotopic (exact) mass is 215 g/mol. The van der Waals surface area contributed by atoms with Crippen LogP contribution in [-0.4, -0.2) is 14.5 Å². The van der Waals surface area contributed by atoms with Gasteiger partial charge in [-0.2, -0.15) is 0 Å². The van der Waals surface area contributed by atoms with Crippen LogP contribution in [0.15, 0.2) is 41.6 Å². The molecule has 0 spiro atoms. The first-order valence-corrected chi connectivity index (χ1v) is 5.18. The van der Waals surface area contributed by atoms with Crippen molar-refractivity contribution in [2.24, 2.45) is 0 Å². The fraction of sp³-hybridized carbons (Fsp3) is 0.250. The van der Waals surface area contributed by atoms with E-state index in [1.807, 2.05) is 0 Å². The number of hydrogen-bond acceptors (Lipinski definition) is 3. The van der Waals surface area contributed by atoms with Crippen molar-refractivity contribution in [3.05, 3.63) is 52.8 Å². The van der Waals surface area contributed by atoms with Crippen molar-refractivity contribution < 1.29 is 0 Å². The van der Waals surface area contributed by atoms with E-state index in [1.54, 1.807) is 30.7 Å². The highest BCUT2D eigenvalue weighted by Crippen LogP contribution is 2.09. The van der Waals surface area contributed by atoms with Crippen LogP contribution in [0.4, 0.5) is 0 Å². The molecule has 0 fully saturated rings. The summed E-state index contributed by atoms with van der Waals surface area (Å²) in [7, 11) is 0. The van der Waals surface area contributed by atoms with E-state index in [2.05, 4.69) is 23.8 Å². The van der Waals surface area contributed by atoms with Crippen LogP contribution in [0.1, 0.15) is 25.5 Å². The fourth-order valence-corrected chi connectivity index (χ4v) is 1.37. The molecule has 2 aromatic heterocycles. The zero-order chi connectivity index (χ0) is 11.5. The molecule has 0 aliphatic rings. The second-order valence-electron chi connectivity index (χ2n) is 3.86. The maximum atomic E-state index is 11.5. The lowest BCUT2D eigenvalue weighted by molar-refractivity contribution is 0.800. The Balaban J connectivity index is 2.43. The van der Waals surface area contributed by atoms with Crippen molar-refractivity contribution >= 4 is 0 Å². The summed E-state index contributed by atoms with van der Waals surface area (Å²) in [5.74, 6) is 0.893. The maximum Gasteiger partial charge on any atom is 0.256 e. The first kappa shape index (κ1) is 10.5. The van der Waals surface area contributed by atoms with Crippen molar-refractivity contribution in [3.8, 4) is 5.82 Å². The van der Waals surface area contributed by atoms with E-state index < -0.39 is 0 Å². The van der Waals surface area contributed by atoms with Gasteiger partial charge >= 0.3 is 0 Å². The van der Waals surface area contributed by atoms with Crippen molar-refractivity contribution in [3.63, 3.8) is 0 Å². The molecule has 16 heavy (non-hydrogen) atoms. The Morgan fingerprint density at radius 2 is 2.00 bits per heavy atom. The minimum absolute atomic E-state index is 0.103. The summed E-state index contributed by atoms with van der Waals surface area (Å²) in [6, 6.07) is 4.99. The molecule has 0 amide bonds. The van der Waals surface area contributed by atoms with Gasteiger partial charge in [-0.3, -0.25) is 14.3 Å². The molecule has 0 unspecified atom stereocenters. The van der Waals surface area contributed by atoms with Gasteiger partial charge in [-0.15, -0.1) is 0 Å². The van der Waals surface area contributed by atoms with Gasteiger partial charge < -0.3 is 0 Å². The van der Waals surface area contributed by atoms with Gasteiger partial charge in [-0.25, -0.2) is 4.98 Å². The van der Waals surface area contributed by atoms with Gasteiger partial charge in [-0.05, 0) is 12.0 Å². The molecule has 0 saturated heterocycles. The average Bonchev–Trinajstić information content (AvgIpc) is 2.30. The molecule has 2 rings (SSSR count). The van der Waals surface area contributed by atoms with E-state index in [-0.39, 0.29) is 5.56 Å². The topological polar surface area (TPSA) is 47.8 Å². The summed E-state index contributed by atoms with van der Waals surface area (Å²) in [6.45, 7) is 4.11. The predicted octanol–water partition coefficient (Wildman–Crippen LogP) is 1.75. The number of nitrogens with zero attached hydrogens (tertiary/aromatic N) is 3. The summed E-state index contributed by atoms with van der Waals surface area (Å²) >= 11 is 0. The van der Waals surface area contributed by atoms with Crippen molar-refractivity contribution in [1.29, 1.82) is 0 Å². The minimum Gasteiger partial charge on any atom is -0.269 e. The lowest BCUT2D eigenvalue weighted by atomic mass is 10.1. The highest BCUT2D eigenvalue weighted by Gasteiger charge is 2.03. The molecule has 2 aromatic rings. The molecule has 0 radical (unpaired) electrons. The van der Waals surface area contributed by atoms with E-state index in [1.165, 1.54) is 10.6 Å². The molecule has 0 atom stereocenters. The molecule has 4 nitrogen and oxygen atoms in total. The Morgan fingerprint density at radius 1 is 1.19 bits per heavy atom. The predicted molar refractivity (Wildman–Crippen MR) is 61.7 cm³/mol. The van der Waals surface area contributed by atoms with Crippen LogP contribution < -0.4 is 5.56 Å². The van der Waals surface area contributed by atoms with Gasteiger partial charge in [-0.1, -0.05) is 19.9 Å². The Hall–Kier alpha value is -1.97. The van der Waals surface area contributed by atoms with Gasteiger partial charge in [0.15, 0.2) is 5.82 Å². The van der Waals surface area contributed by atoms with Crippen LogP contribution in [0.3, 0.4) is 0 Å². The van der Waals surface area contributed by atoms with E-state index >= 15 is 0 Å². The third-order valence-corrected chi connectivity index (χ3v) is 2.32. The summed E-state index contributed by atoms with van der Waals surface area (Å²) in [5.41, 5.74) is 0.821. The van der Waals surface area contributed by atoms with Gasteiger partial charge in [0.2, 0.25) is 0 Å². The Labute approximate surface area is 93.6 Å². The van der Waals surface area contributed by atoms with Crippen molar-refractivity contribution in [2.75, 3.05) is 0 Å². The average molecular weight is 215 g/mol. The lowest BCUT2D eigenvalue weighted by Gasteiger charge is -2.06. The van der Waals surface area contributed by atoms with Crippen molar-refractivity contribution in [2.45, 2.75) is 19.8 Å². The van der Waals surface area contributed by atoms with Gasteiger partial charge in [0.1, 0.15) is 0 Å². The lowest BCUT2D eigenvalue weighted by Crippen LogP contribution is -2.17. The van der Waals surface area contributed by atoms with Gasteiger partial charge in [0, 0.05) is 12.3 Å². The van der Waals surface area contributed by atoms with E-state index in [9.17, 15) is 4.79 Å². The quantitative estimate of drug-likeness (QED) is 0.766. The largest absolute Gasteiger partial charge is 0.269 e. The third-order valence-electron chi connectivity index (χ3n) is 2.32. The van der Waals surface area contributed by atoms with Gasteiger partial charge in [0.05, 0.1) is 18.1 Å². The molecular weight excluding hydrogens is 202 g/mol. The Kier molecular flexibility index (Phi) is 2.81. The first-order valence-electron chi connectivity index (χ1n) is 5.18. The molecule has 0 aliphatic heterocycles. The number of rotatable bonds is 2. The second kappa shape index (κ2) is 4.26. The molecule has 0 bridgehead atoms. The van der Waals surface area contributed by atoms with Crippen LogP contribution in [0, 0.1) is 0 Å². The van der Waals surface area contributed by atoms with Crippen LogP contribution >= 0.6 is 0 Å². The maximum absolute atomic E-state index is 11.5. The highest BCUT2D eigenvalue weighted by molar-refractivity contribution is 5.20. The smallest absolute Gasteiger partial charge is 0.256 e. The molecule has 0 saturated carbocycles. The summed E-state index contributed by atoms with van der Waals surface area (Å²) in [6.07, 6.45) is 5.01. The summed E-state index contributed by atoms with van der Waals surface area (Å²) < 4.78 is 1.47. The number of pyridine rings is 1. The molecule has 0 aliphatic carbocycles. The molecular formula is C12H13N3O. The zero-order valence-corrected chi connectivity index (χ0v) is 9.29. The Morgan fingerprint density at radius 3 is 2.56 bits per heavy atom. The zero-order valence-electron chi connectivity index (χ0n) is 9.29. The van der Waals surface area contributed by atoms with E-state index in [0.29, 0.717) is 11.7 Å². The third kappa shape index (κ3) is 2.00. The summed E-state index contributed by atoms with van der Waals surface area (Å²) in [4.78, 5) is 20.0. The van der Waals surface area contributed by atoms with Crippen LogP contribution in [0.2, 0.25) is 0 Å². The molecule has 0 N–H and O–H groups in total. The van der Waals surface area contributed by atoms with Gasteiger partial charge in [0.25, 0.3) is 5.56 Å². The number of aromatic nitrogens is 3. The highest BCUT2D eigenvalue weighted by atomic mass is 16.1. The van der Waals surface area contributed by atoms with Crippen molar-refractivity contribution in [1.82, 2.24) is 14.5 Å². The normalized spacial score (nSPS) is 10.7. The fourth-order valence-electron chi connectivity index (χ4n) is 1.37. The SMILES string of the molecule is CC(C)c1cnc(-n2ccccc2=O)cn1. The van der Waals surface area contributed by atoms with Crippen LogP contribution in [0.25, 0.3) is 5.82 Å². The summed E-state index contributed by atoms with van der Waals surface area (Å²) in [5, 5.41) is 0. The number of hydrogen-bond donors (Lipinski definition) is 0. The first-order chi connectivity index (χ1) is 7.68. The molecule has 0 aromatic carbocycles. The van der Waals surface area contributed by atoms with E-state index in [4.69, 9.17) is 0 Å².